The van der Waals surface area contributed by atoms with Crippen molar-refractivity contribution in [1.82, 2.24) is 9.97 Å². The van der Waals surface area contributed by atoms with Crippen molar-refractivity contribution in [3.63, 3.8) is 0 Å². The van der Waals surface area contributed by atoms with Crippen LogP contribution in [0.1, 0.15) is 0 Å². The first-order valence-electron chi connectivity index (χ1n) is 5.18. The van der Waals surface area contributed by atoms with Crippen LogP contribution >= 0.6 is 15.9 Å². The first kappa shape index (κ1) is 12.3. The maximum atomic E-state index is 5.07. The van der Waals surface area contributed by atoms with Crippen LogP contribution in [0.5, 0.6) is 0 Å². The highest BCUT2D eigenvalue weighted by Crippen LogP contribution is 2.15. The van der Waals surface area contributed by atoms with Crippen molar-refractivity contribution in [2.75, 3.05) is 38.3 Å². The molecule has 0 unspecified atom stereocenters. The Bertz CT molecular complexity index is 388. The molecule has 0 aliphatic carbocycles. The minimum atomic E-state index is 0.481. The van der Waals surface area contributed by atoms with Crippen LogP contribution in [0, 0.1) is 0 Å². The van der Waals surface area contributed by atoms with Gasteiger partial charge in [0.1, 0.15) is 6.61 Å². The molecule has 1 aliphatic rings. The molecular weight excluding hydrogens is 288 g/mol. The van der Waals surface area contributed by atoms with Gasteiger partial charge in [0.05, 0.1) is 29.9 Å². The van der Waals surface area contributed by atoms with Gasteiger partial charge in [-0.3, -0.25) is 0 Å². The van der Waals surface area contributed by atoms with Gasteiger partial charge in [-0.2, -0.15) is 0 Å². The summed E-state index contributed by atoms with van der Waals surface area (Å²) >= 11 is 3.30. The summed E-state index contributed by atoms with van der Waals surface area (Å²) in [6, 6.07) is 0. The summed E-state index contributed by atoms with van der Waals surface area (Å²) in [4.78, 5) is 15.5. The van der Waals surface area contributed by atoms with Crippen LogP contribution in [0.3, 0.4) is 0 Å². The number of oxime groups is 1. The Kier molecular flexibility index (Phi) is 4.27. The molecule has 1 aromatic heterocycles. The van der Waals surface area contributed by atoms with Crippen LogP contribution < -0.4 is 4.90 Å². The minimum Gasteiger partial charge on any atom is -0.393 e. The van der Waals surface area contributed by atoms with Gasteiger partial charge < -0.3 is 14.5 Å². The number of anilines is 1. The van der Waals surface area contributed by atoms with Crippen LogP contribution in [0.25, 0.3) is 0 Å². The highest BCUT2D eigenvalue weighted by Gasteiger charge is 2.24. The summed E-state index contributed by atoms with van der Waals surface area (Å²) in [6.45, 7) is 2.47. The van der Waals surface area contributed by atoms with Crippen molar-refractivity contribution in [3.05, 3.63) is 16.9 Å². The van der Waals surface area contributed by atoms with Crippen molar-refractivity contribution in [2.45, 2.75) is 0 Å². The van der Waals surface area contributed by atoms with Crippen molar-refractivity contribution >= 4 is 27.6 Å². The number of halogens is 1. The molecule has 0 N–H and O–H groups in total. The van der Waals surface area contributed by atoms with Gasteiger partial charge in [-0.1, -0.05) is 5.16 Å². The van der Waals surface area contributed by atoms with Crippen molar-refractivity contribution in [3.8, 4) is 0 Å². The van der Waals surface area contributed by atoms with E-state index in [0.717, 1.165) is 10.2 Å². The second-order valence-electron chi connectivity index (χ2n) is 3.54. The van der Waals surface area contributed by atoms with Gasteiger partial charge in [-0.15, -0.1) is 0 Å². The van der Waals surface area contributed by atoms with Crippen LogP contribution in [0.4, 0.5) is 5.95 Å². The highest BCUT2D eigenvalue weighted by molar-refractivity contribution is 9.10. The number of ether oxygens (including phenoxy) is 1. The number of nitrogens with zero attached hydrogens (tertiary/aromatic N) is 4. The Morgan fingerprint density at radius 2 is 2.06 bits per heavy atom. The van der Waals surface area contributed by atoms with E-state index in [2.05, 4.69) is 31.1 Å². The Labute approximate surface area is 108 Å². The van der Waals surface area contributed by atoms with Crippen molar-refractivity contribution in [2.24, 2.45) is 5.16 Å². The van der Waals surface area contributed by atoms with E-state index in [4.69, 9.17) is 9.57 Å². The molecule has 0 bridgehead atoms. The maximum absolute atomic E-state index is 5.07. The number of aromatic nitrogens is 2. The predicted octanol–water partition coefficient (Wildman–Crippen LogP) is 1.08. The Balaban J connectivity index is 1.76. The topological polar surface area (TPSA) is 59.8 Å². The Morgan fingerprint density at radius 3 is 2.71 bits per heavy atom. The number of rotatable bonds is 5. The zero-order chi connectivity index (χ0) is 12.1. The Morgan fingerprint density at radius 1 is 1.35 bits per heavy atom. The average molecular weight is 301 g/mol. The molecule has 0 atom stereocenters. The van der Waals surface area contributed by atoms with E-state index in [1.807, 2.05) is 4.90 Å². The van der Waals surface area contributed by atoms with E-state index in [0.29, 0.717) is 32.3 Å². The largest absolute Gasteiger partial charge is 0.393 e. The monoisotopic (exact) mass is 300 g/mol. The van der Waals surface area contributed by atoms with Crippen molar-refractivity contribution in [1.29, 1.82) is 0 Å². The average Bonchev–Trinajstić information content (AvgIpc) is 2.28. The molecule has 0 radical (unpaired) electrons. The number of hydrogen-bond acceptors (Lipinski definition) is 6. The van der Waals surface area contributed by atoms with Crippen molar-refractivity contribution < 1.29 is 9.57 Å². The fraction of sp³-hybridized carbons (Fsp3) is 0.500. The van der Waals surface area contributed by atoms with E-state index < -0.39 is 0 Å². The van der Waals surface area contributed by atoms with E-state index in [9.17, 15) is 0 Å². The van der Waals surface area contributed by atoms with Crippen LogP contribution in [-0.4, -0.2) is 49.1 Å². The van der Waals surface area contributed by atoms with E-state index in [1.165, 1.54) is 0 Å². The lowest BCUT2D eigenvalue weighted by molar-refractivity contribution is 0.0743. The summed E-state index contributed by atoms with van der Waals surface area (Å²) < 4.78 is 5.72. The predicted molar refractivity (Wildman–Crippen MR) is 67.2 cm³/mol. The molecule has 1 aromatic rings. The summed E-state index contributed by atoms with van der Waals surface area (Å²) in [5.41, 5.74) is 0.993. The van der Waals surface area contributed by atoms with E-state index in [1.54, 1.807) is 19.5 Å². The van der Waals surface area contributed by atoms with Gasteiger partial charge in [0.25, 0.3) is 0 Å². The minimum absolute atomic E-state index is 0.481. The molecule has 0 saturated carbocycles. The standard InChI is InChI=1S/C10H13BrN4O2/c1-16-2-3-17-14-9-6-15(7-9)10-12-4-8(11)5-13-10/h4-5H,2-3,6-7H2,1H3. The molecule has 1 saturated heterocycles. The van der Waals surface area contributed by atoms with E-state index in [-0.39, 0.29) is 0 Å². The molecule has 17 heavy (non-hydrogen) atoms. The van der Waals surface area contributed by atoms with Gasteiger partial charge in [0, 0.05) is 19.5 Å². The lowest BCUT2D eigenvalue weighted by Gasteiger charge is -2.31. The third-order valence-corrected chi connectivity index (χ3v) is 2.62. The molecular formula is C10H13BrN4O2. The third kappa shape index (κ3) is 3.37. The highest BCUT2D eigenvalue weighted by atomic mass is 79.9. The lowest BCUT2D eigenvalue weighted by Crippen LogP contribution is -2.48. The Hall–Kier alpha value is -1.21. The van der Waals surface area contributed by atoms with Gasteiger partial charge in [0.2, 0.25) is 5.95 Å². The summed E-state index contributed by atoms with van der Waals surface area (Å²) in [6.07, 6.45) is 3.46. The molecule has 2 heterocycles. The molecule has 0 spiro atoms. The SMILES string of the molecule is COCCON=C1CN(c2ncc(Br)cn2)C1. The molecule has 0 amide bonds. The fourth-order valence-electron chi connectivity index (χ4n) is 1.32. The first-order chi connectivity index (χ1) is 8.29. The molecule has 1 aliphatic heterocycles. The van der Waals surface area contributed by atoms with Gasteiger partial charge in [-0.25, -0.2) is 9.97 Å². The summed E-state index contributed by atoms with van der Waals surface area (Å²) in [5, 5.41) is 3.99. The van der Waals surface area contributed by atoms with Gasteiger partial charge in [0.15, 0.2) is 0 Å². The molecule has 6 nitrogen and oxygen atoms in total. The van der Waals surface area contributed by atoms with Gasteiger partial charge >= 0.3 is 0 Å². The summed E-state index contributed by atoms with van der Waals surface area (Å²) in [5.74, 6) is 0.712. The fourth-order valence-corrected chi connectivity index (χ4v) is 1.52. The van der Waals surface area contributed by atoms with Crippen LogP contribution in [0.2, 0.25) is 0 Å². The molecule has 0 aromatic carbocycles. The third-order valence-electron chi connectivity index (χ3n) is 2.21. The van der Waals surface area contributed by atoms with Crippen LogP contribution in [0.15, 0.2) is 22.0 Å². The maximum Gasteiger partial charge on any atom is 0.226 e. The molecule has 2 rings (SSSR count). The summed E-state index contributed by atoms with van der Waals surface area (Å²) in [7, 11) is 1.63. The quantitative estimate of drug-likeness (QED) is 0.601. The van der Waals surface area contributed by atoms with Crippen LogP contribution in [-0.2, 0) is 9.57 Å². The first-order valence-corrected chi connectivity index (χ1v) is 5.98. The normalized spacial score (nSPS) is 14.5. The number of hydrogen-bond donors (Lipinski definition) is 0. The van der Waals surface area contributed by atoms with Gasteiger partial charge in [-0.05, 0) is 15.9 Å². The smallest absolute Gasteiger partial charge is 0.226 e. The molecule has 7 heteroatoms. The molecule has 1 fully saturated rings. The zero-order valence-corrected chi connectivity index (χ0v) is 11.1. The van der Waals surface area contributed by atoms with E-state index >= 15 is 0 Å². The second kappa shape index (κ2) is 5.92. The zero-order valence-electron chi connectivity index (χ0n) is 9.47. The second-order valence-corrected chi connectivity index (χ2v) is 4.46. The number of methoxy groups -OCH3 is 1. The molecule has 92 valence electrons. The lowest BCUT2D eigenvalue weighted by atomic mass is 10.2.